The SMILES string of the molecule is [CH3+].[CH3-].[CH3-].c1c[n+](CC2CC2)cn1CCCCn1cc[n+](CC2CO2)c1.c1c[n+](CC2CO2)cn1CC1CO1. The summed E-state index contributed by atoms with van der Waals surface area (Å²) >= 11 is 0. The van der Waals surface area contributed by atoms with Gasteiger partial charge in [-0.15, -0.1) is 0 Å². The van der Waals surface area contributed by atoms with Crippen molar-refractivity contribution in [2.24, 2.45) is 5.92 Å². The van der Waals surface area contributed by atoms with E-state index < -0.39 is 0 Å². The molecule has 3 unspecified atom stereocenters. The van der Waals surface area contributed by atoms with Gasteiger partial charge in [0.2, 0.25) is 19.0 Å². The highest BCUT2D eigenvalue weighted by Crippen LogP contribution is 2.28. The molecule has 6 heterocycles. The maximum atomic E-state index is 5.26. The Labute approximate surface area is 229 Å². The number of hydrogen-bond donors (Lipinski definition) is 0. The van der Waals surface area contributed by atoms with Gasteiger partial charge in [-0.2, -0.15) is 0 Å². The molecular weight excluding hydrogens is 480 g/mol. The largest absolute Gasteiger partial charge is 0.369 e. The highest BCUT2D eigenvalue weighted by Gasteiger charge is 2.28. The number of epoxide rings is 3. The average molecular weight is 529 g/mol. The van der Waals surface area contributed by atoms with E-state index in [-0.39, 0.29) is 22.3 Å². The van der Waals surface area contributed by atoms with Crippen LogP contribution in [0.4, 0.5) is 0 Å². The Kier molecular flexibility index (Phi) is 11.0. The number of hydrogen-bond acceptors (Lipinski definition) is 3. The first-order valence-electron chi connectivity index (χ1n) is 13.2. The minimum atomic E-state index is 0. The second kappa shape index (κ2) is 14.0. The third kappa shape index (κ3) is 9.93. The number of aromatic nitrogens is 6. The van der Waals surface area contributed by atoms with Crippen LogP contribution in [-0.4, -0.2) is 51.8 Å². The zero-order chi connectivity index (χ0) is 23.5. The van der Waals surface area contributed by atoms with Crippen molar-refractivity contribution in [1.29, 1.82) is 0 Å². The van der Waals surface area contributed by atoms with Crippen molar-refractivity contribution < 1.29 is 27.9 Å². The Morgan fingerprint density at radius 1 is 0.605 bits per heavy atom. The molecule has 0 aromatic carbocycles. The van der Waals surface area contributed by atoms with Gasteiger partial charge in [0.05, 0.1) is 39.5 Å². The normalized spacial score (nSPS) is 22.3. The molecule has 3 saturated heterocycles. The molecule has 3 atom stereocenters. The van der Waals surface area contributed by atoms with E-state index in [1.165, 1.54) is 32.2 Å². The zero-order valence-corrected chi connectivity index (χ0v) is 23.6. The zero-order valence-electron chi connectivity index (χ0n) is 23.6. The van der Waals surface area contributed by atoms with Gasteiger partial charge in [-0.05, 0) is 31.6 Å². The topological polar surface area (TPSA) is 64.0 Å². The van der Waals surface area contributed by atoms with Gasteiger partial charge < -0.3 is 29.1 Å². The van der Waals surface area contributed by atoms with Crippen LogP contribution in [0.3, 0.4) is 0 Å². The molecule has 7 rings (SSSR count). The molecule has 3 aliphatic heterocycles. The Balaban J connectivity index is 0.000000216. The molecule has 3 aromatic rings. The van der Waals surface area contributed by atoms with Crippen molar-refractivity contribution in [3.05, 3.63) is 78.4 Å². The van der Waals surface area contributed by atoms with Gasteiger partial charge in [-0.3, -0.25) is 0 Å². The van der Waals surface area contributed by atoms with E-state index in [1.807, 2.05) is 0 Å². The maximum absolute atomic E-state index is 5.26. The van der Waals surface area contributed by atoms with Crippen LogP contribution in [0.1, 0.15) is 25.7 Å². The lowest BCUT2D eigenvalue weighted by Gasteiger charge is -1.97. The van der Waals surface area contributed by atoms with E-state index in [9.17, 15) is 0 Å². The van der Waals surface area contributed by atoms with Crippen LogP contribution in [-0.2, 0) is 53.5 Å². The van der Waals surface area contributed by atoms with E-state index in [4.69, 9.17) is 14.2 Å². The quantitative estimate of drug-likeness (QED) is 0.148. The van der Waals surface area contributed by atoms with Crippen molar-refractivity contribution in [1.82, 2.24) is 13.7 Å². The van der Waals surface area contributed by atoms with Crippen molar-refractivity contribution in [3.63, 3.8) is 0 Å². The van der Waals surface area contributed by atoms with Crippen molar-refractivity contribution in [3.8, 4) is 0 Å². The molecule has 0 radical (unpaired) electrons. The Bertz CT molecular complexity index is 993. The second-order valence-electron chi connectivity index (χ2n) is 10.5. The van der Waals surface area contributed by atoms with Gasteiger partial charge in [0.15, 0.2) is 0 Å². The predicted molar refractivity (Wildman–Crippen MR) is 144 cm³/mol. The molecule has 9 nitrogen and oxygen atoms in total. The first-order chi connectivity index (χ1) is 17.2. The molecule has 1 saturated carbocycles. The molecule has 4 fully saturated rings. The fourth-order valence-electron chi connectivity index (χ4n) is 4.43. The molecule has 0 spiro atoms. The lowest BCUT2D eigenvalue weighted by molar-refractivity contribution is -0.699. The van der Waals surface area contributed by atoms with Crippen molar-refractivity contribution in [2.75, 3.05) is 19.8 Å². The molecule has 38 heavy (non-hydrogen) atoms. The standard InChI is InChI=1S/C17H26N4O.C9H13N2O2.3CH3/c1(5-18-7-9-20(14-18)11-16-3-4-16)2-6-19-8-10-21(15-19)12-17-13-22-17;1-2-11(4-9-6-13-9)7-10(1)3-8-5-12-8;;;/h7-10,14-17H,1-6,11-13H2;1-2,7-9H,3-6H2;3*1H3/q+2;+1;2*-1;+1. The summed E-state index contributed by atoms with van der Waals surface area (Å²) in [6.07, 6.45) is 26.1. The molecule has 9 heteroatoms. The molecule has 4 aliphatic rings. The van der Waals surface area contributed by atoms with Gasteiger partial charge in [0.1, 0.15) is 75.1 Å². The molecule has 0 N–H and O–H groups in total. The lowest BCUT2D eigenvalue weighted by atomic mass is 10.3. The van der Waals surface area contributed by atoms with E-state index in [0.717, 1.165) is 58.5 Å². The Morgan fingerprint density at radius 3 is 1.47 bits per heavy atom. The molecule has 1 aliphatic carbocycles. The van der Waals surface area contributed by atoms with Gasteiger partial charge in [0, 0.05) is 7.43 Å². The first-order valence-corrected chi connectivity index (χ1v) is 13.2. The summed E-state index contributed by atoms with van der Waals surface area (Å²) in [6.45, 7) is 9.16. The van der Waals surface area contributed by atoms with Crippen LogP contribution in [0.2, 0.25) is 0 Å². The van der Waals surface area contributed by atoms with Crippen LogP contribution in [0.15, 0.2) is 56.2 Å². The van der Waals surface area contributed by atoms with E-state index >= 15 is 0 Å². The van der Waals surface area contributed by atoms with Gasteiger partial charge >= 0.3 is 0 Å². The van der Waals surface area contributed by atoms with Crippen LogP contribution < -0.4 is 13.7 Å². The number of rotatable bonds is 13. The molecule has 0 bridgehead atoms. The van der Waals surface area contributed by atoms with Crippen molar-refractivity contribution >= 4 is 0 Å². The molecule has 0 amide bonds. The highest BCUT2D eigenvalue weighted by atomic mass is 16.6. The minimum absolute atomic E-state index is 0. The van der Waals surface area contributed by atoms with Gasteiger partial charge in [-0.1, -0.05) is 0 Å². The molecular formula is C29H48N6O3+2. The van der Waals surface area contributed by atoms with E-state index in [2.05, 4.69) is 83.6 Å². The number of unbranched alkanes of at least 4 members (excludes halogenated alkanes) is 1. The highest BCUT2D eigenvalue weighted by molar-refractivity contribution is 4.76. The summed E-state index contributed by atoms with van der Waals surface area (Å²) in [5.74, 6) is 0.947. The smallest absolute Gasteiger partial charge is 0.243 e. The summed E-state index contributed by atoms with van der Waals surface area (Å²) in [5, 5.41) is 0. The fourth-order valence-corrected chi connectivity index (χ4v) is 4.43. The summed E-state index contributed by atoms with van der Waals surface area (Å²) in [5.41, 5.74) is 0. The third-order valence-corrected chi connectivity index (χ3v) is 6.94. The summed E-state index contributed by atoms with van der Waals surface area (Å²) < 4.78 is 29.1. The van der Waals surface area contributed by atoms with Gasteiger partial charge in [0.25, 0.3) is 0 Å². The second-order valence-corrected chi connectivity index (χ2v) is 10.5. The van der Waals surface area contributed by atoms with E-state index in [1.54, 1.807) is 0 Å². The fraction of sp³-hybridized carbons (Fsp3) is 0.586. The number of aryl methyl sites for hydroxylation is 2. The molecule has 3 aromatic heterocycles. The van der Waals surface area contributed by atoms with Crippen LogP contribution >= 0.6 is 0 Å². The summed E-state index contributed by atoms with van der Waals surface area (Å²) in [6, 6.07) is 0. The first kappa shape index (κ1) is 29.9. The Morgan fingerprint density at radius 2 is 1.03 bits per heavy atom. The third-order valence-electron chi connectivity index (χ3n) is 6.94. The van der Waals surface area contributed by atoms with Crippen molar-refractivity contribution in [2.45, 2.75) is 83.3 Å². The average Bonchev–Trinajstić information content (AvgIpc) is 3.65. The number of ether oxygens (including phenoxy) is 3. The van der Waals surface area contributed by atoms with Crippen LogP contribution in [0.25, 0.3) is 0 Å². The van der Waals surface area contributed by atoms with Crippen LogP contribution in [0.5, 0.6) is 0 Å². The Hall–Kier alpha value is -2.62. The minimum Gasteiger partial charge on any atom is -0.369 e. The number of imidazole rings is 3. The summed E-state index contributed by atoms with van der Waals surface area (Å²) in [4.78, 5) is 0. The van der Waals surface area contributed by atoms with E-state index in [0.29, 0.717) is 18.3 Å². The van der Waals surface area contributed by atoms with Crippen LogP contribution in [0, 0.1) is 28.2 Å². The monoisotopic (exact) mass is 528 g/mol. The predicted octanol–water partition coefficient (Wildman–Crippen LogP) is 2.08. The summed E-state index contributed by atoms with van der Waals surface area (Å²) in [7, 11) is 0. The van der Waals surface area contributed by atoms with Gasteiger partial charge in [-0.25, -0.2) is 27.4 Å². The number of nitrogens with zero attached hydrogens (tertiary/aromatic N) is 6. The molecule has 210 valence electrons. The lowest BCUT2D eigenvalue weighted by Crippen LogP contribution is -2.34. The maximum Gasteiger partial charge on any atom is 0.243 e.